The topological polar surface area (TPSA) is 42.4 Å². The van der Waals surface area contributed by atoms with Crippen LogP contribution in [0, 0.1) is 0 Å². The quantitative estimate of drug-likeness (QED) is 0.895. The van der Waals surface area contributed by atoms with Gasteiger partial charge in [-0.15, -0.1) is 0 Å². The Balaban J connectivity index is 2.13. The Labute approximate surface area is 113 Å². The van der Waals surface area contributed by atoms with E-state index in [1.54, 1.807) is 25.6 Å². The lowest BCUT2D eigenvalue weighted by atomic mass is 10.0. The molecule has 0 aliphatic rings. The van der Waals surface area contributed by atoms with Crippen molar-refractivity contribution in [1.82, 2.24) is 4.98 Å². The summed E-state index contributed by atoms with van der Waals surface area (Å²) in [7, 11) is 1.59. The van der Waals surface area contributed by atoms with Crippen molar-refractivity contribution in [1.29, 1.82) is 0 Å². The first-order chi connectivity index (χ1) is 9.24. The molecule has 0 saturated carbocycles. The van der Waals surface area contributed by atoms with Crippen LogP contribution in [0.25, 0.3) is 0 Å². The minimum Gasteiger partial charge on any atom is -0.495 e. The Morgan fingerprint density at radius 3 is 2.47 bits per heavy atom. The van der Waals surface area contributed by atoms with E-state index in [0.717, 1.165) is 17.5 Å². The number of aliphatic hydroxyl groups excluding tert-OH is 1. The van der Waals surface area contributed by atoms with E-state index in [4.69, 9.17) is 4.74 Å². The van der Waals surface area contributed by atoms with E-state index in [2.05, 4.69) is 36.2 Å². The lowest BCUT2D eigenvalue weighted by Gasteiger charge is -2.14. The molecule has 1 atom stereocenters. The molecule has 0 amide bonds. The first-order valence-corrected chi connectivity index (χ1v) is 6.48. The number of aromatic nitrogens is 1. The summed E-state index contributed by atoms with van der Waals surface area (Å²) < 4.78 is 5.22. The minimum atomic E-state index is -0.578. The van der Waals surface area contributed by atoms with Crippen molar-refractivity contribution < 1.29 is 9.84 Å². The van der Waals surface area contributed by atoms with Crippen molar-refractivity contribution >= 4 is 0 Å². The highest BCUT2D eigenvalue weighted by atomic mass is 16.5. The van der Waals surface area contributed by atoms with Gasteiger partial charge in [0.05, 0.1) is 19.4 Å². The molecule has 1 aromatic carbocycles. The Bertz CT molecular complexity index is 523. The predicted octanol–water partition coefficient (Wildman–Crippen LogP) is 2.93. The Morgan fingerprint density at radius 2 is 1.84 bits per heavy atom. The normalized spacial score (nSPS) is 12.2. The molecule has 1 aromatic heterocycles. The average Bonchev–Trinajstić information content (AvgIpc) is 2.48. The minimum absolute atomic E-state index is 0.574. The second-order valence-corrected chi connectivity index (χ2v) is 4.51. The zero-order valence-electron chi connectivity index (χ0n) is 11.3. The van der Waals surface area contributed by atoms with Crippen molar-refractivity contribution in [2.75, 3.05) is 7.11 Å². The van der Waals surface area contributed by atoms with Crippen LogP contribution in [-0.4, -0.2) is 17.2 Å². The van der Waals surface area contributed by atoms with Gasteiger partial charge in [0, 0.05) is 18.2 Å². The van der Waals surface area contributed by atoms with Gasteiger partial charge in [0.1, 0.15) is 5.75 Å². The number of aryl methyl sites for hydroxylation is 1. The van der Waals surface area contributed by atoms with Crippen LogP contribution in [0.2, 0.25) is 0 Å². The maximum absolute atomic E-state index is 10.3. The van der Waals surface area contributed by atoms with E-state index in [9.17, 15) is 5.11 Å². The molecular weight excluding hydrogens is 238 g/mol. The lowest BCUT2D eigenvalue weighted by molar-refractivity contribution is 0.174. The molecule has 19 heavy (non-hydrogen) atoms. The molecular formula is C16H19NO2. The summed E-state index contributed by atoms with van der Waals surface area (Å²) in [4.78, 5) is 3.99. The number of hydrogen-bond donors (Lipinski definition) is 1. The van der Waals surface area contributed by atoms with Crippen LogP contribution in [0.5, 0.6) is 5.75 Å². The van der Waals surface area contributed by atoms with Crippen molar-refractivity contribution in [3.8, 4) is 5.75 Å². The van der Waals surface area contributed by atoms with Crippen molar-refractivity contribution in [2.45, 2.75) is 25.9 Å². The first kappa shape index (κ1) is 13.6. The summed E-state index contributed by atoms with van der Waals surface area (Å²) in [6.45, 7) is 2.13. The van der Waals surface area contributed by atoms with Gasteiger partial charge in [-0.2, -0.15) is 0 Å². The van der Waals surface area contributed by atoms with Gasteiger partial charge in [-0.25, -0.2) is 0 Å². The largest absolute Gasteiger partial charge is 0.495 e. The fourth-order valence-corrected chi connectivity index (χ4v) is 2.08. The summed E-state index contributed by atoms with van der Waals surface area (Å²) in [5.41, 5.74) is 3.19. The lowest BCUT2D eigenvalue weighted by Crippen LogP contribution is -2.04. The summed E-state index contributed by atoms with van der Waals surface area (Å²) in [5, 5.41) is 10.3. The summed E-state index contributed by atoms with van der Waals surface area (Å²) in [6.07, 6.45) is 4.32. The van der Waals surface area contributed by atoms with Crippen LogP contribution >= 0.6 is 0 Å². The van der Waals surface area contributed by atoms with Crippen molar-refractivity contribution in [2.24, 2.45) is 0 Å². The number of pyridine rings is 1. The Kier molecular flexibility index (Phi) is 4.53. The van der Waals surface area contributed by atoms with Gasteiger partial charge in [0.25, 0.3) is 0 Å². The molecule has 0 bridgehead atoms. The van der Waals surface area contributed by atoms with Gasteiger partial charge in [0.15, 0.2) is 0 Å². The number of hydrogen-bond acceptors (Lipinski definition) is 3. The zero-order valence-corrected chi connectivity index (χ0v) is 11.3. The molecule has 0 aliphatic heterocycles. The van der Waals surface area contributed by atoms with E-state index in [1.807, 2.05) is 0 Å². The number of benzene rings is 1. The van der Waals surface area contributed by atoms with Crippen LogP contribution in [-0.2, 0) is 12.8 Å². The van der Waals surface area contributed by atoms with E-state index < -0.39 is 6.10 Å². The number of ether oxygens (including phenoxy) is 1. The molecule has 0 radical (unpaired) electrons. The maximum Gasteiger partial charge on any atom is 0.142 e. The fraction of sp³-hybridized carbons (Fsp3) is 0.312. The van der Waals surface area contributed by atoms with Gasteiger partial charge >= 0.3 is 0 Å². The van der Waals surface area contributed by atoms with E-state index in [-0.39, 0.29) is 0 Å². The van der Waals surface area contributed by atoms with Gasteiger partial charge < -0.3 is 9.84 Å². The van der Waals surface area contributed by atoms with Crippen molar-refractivity contribution in [3.05, 3.63) is 59.4 Å². The Hall–Kier alpha value is -1.87. The molecule has 0 fully saturated rings. The SMILES string of the molecule is CCc1ccc(CC(O)c2ccncc2OC)cc1. The van der Waals surface area contributed by atoms with Crippen LogP contribution in [0.1, 0.15) is 29.7 Å². The molecule has 2 rings (SSSR count). The average molecular weight is 257 g/mol. The van der Waals surface area contributed by atoms with Crippen LogP contribution in [0.15, 0.2) is 42.7 Å². The predicted molar refractivity (Wildman–Crippen MR) is 75.3 cm³/mol. The van der Waals surface area contributed by atoms with Crippen LogP contribution in [0.4, 0.5) is 0 Å². The van der Waals surface area contributed by atoms with Gasteiger partial charge in [-0.05, 0) is 23.6 Å². The third-order valence-corrected chi connectivity index (χ3v) is 3.26. The van der Waals surface area contributed by atoms with Gasteiger partial charge in [-0.3, -0.25) is 4.98 Å². The van der Waals surface area contributed by atoms with E-state index in [0.29, 0.717) is 12.2 Å². The zero-order chi connectivity index (χ0) is 13.7. The molecule has 1 N–H and O–H groups in total. The molecule has 3 heteroatoms. The van der Waals surface area contributed by atoms with Gasteiger partial charge in [-0.1, -0.05) is 31.2 Å². The summed E-state index contributed by atoms with van der Waals surface area (Å²) in [5.74, 6) is 0.625. The highest BCUT2D eigenvalue weighted by Crippen LogP contribution is 2.26. The maximum atomic E-state index is 10.3. The number of rotatable bonds is 5. The second kappa shape index (κ2) is 6.34. The number of aliphatic hydroxyl groups is 1. The molecule has 100 valence electrons. The Morgan fingerprint density at radius 1 is 1.16 bits per heavy atom. The van der Waals surface area contributed by atoms with Crippen molar-refractivity contribution in [3.63, 3.8) is 0 Å². The molecule has 2 aromatic rings. The fourth-order valence-electron chi connectivity index (χ4n) is 2.08. The second-order valence-electron chi connectivity index (χ2n) is 4.51. The molecule has 0 saturated heterocycles. The van der Waals surface area contributed by atoms with Gasteiger partial charge in [0.2, 0.25) is 0 Å². The number of nitrogens with zero attached hydrogens (tertiary/aromatic N) is 1. The molecule has 0 spiro atoms. The van der Waals surface area contributed by atoms with E-state index in [1.165, 1.54) is 5.56 Å². The highest BCUT2D eigenvalue weighted by Gasteiger charge is 2.13. The van der Waals surface area contributed by atoms with Crippen LogP contribution < -0.4 is 4.74 Å². The first-order valence-electron chi connectivity index (χ1n) is 6.48. The summed E-state index contributed by atoms with van der Waals surface area (Å²) >= 11 is 0. The monoisotopic (exact) mass is 257 g/mol. The smallest absolute Gasteiger partial charge is 0.142 e. The summed E-state index contributed by atoms with van der Waals surface area (Å²) in [6, 6.07) is 10.1. The molecule has 3 nitrogen and oxygen atoms in total. The standard InChI is InChI=1S/C16H19NO2/c1-3-12-4-6-13(7-5-12)10-15(18)14-8-9-17-11-16(14)19-2/h4-9,11,15,18H,3,10H2,1-2H3. The van der Waals surface area contributed by atoms with Crippen LogP contribution in [0.3, 0.4) is 0 Å². The third-order valence-electron chi connectivity index (χ3n) is 3.26. The van der Waals surface area contributed by atoms with E-state index >= 15 is 0 Å². The third kappa shape index (κ3) is 3.32. The molecule has 1 heterocycles. The number of methoxy groups -OCH3 is 1. The molecule has 0 aliphatic carbocycles. The molecule has 1 unspecified atom stereocenters. The highest BCUT2D eigenvalue weighted by molar-refractivity contribution is 5.33.